The van der Waals surface area contributed by atoms with Crippen LogP contribution in [0.25, 0.3) is 0 Å². The minimum absolute atomic E-state index is 0. The maximum Gasteiger partial charge on any atom is 1.00 e. The van der Waals surface area contributed by atoms with Crippen LogP contribution in [0.4, 0.5) is 7.21 Å². The molecule has 0 spiro atoms. The number of hydrogen-bond donors (Lipinski definition) is 0. The molecule has 0 aromatic rings. The monoisotopic (exact) mass is 212 g/mol. The molecule has 0 aliphatic rings. The molecule has 0 aromatic heterocycles. The summed E-state index contributed by atoms with van der Waals surface area (Å²) in [4.78, 5) is 25.6. The number of halogens is 2. The van der Waals surface area contributed by atoms with Crippen LogP contribution in [0.3, 0.4) is 0 Å². The van der Waals surface area contributed by atoms with Crippen LogP contribution in [0, 0.1) is 0 Å². The summed E-state index contributed by atoms with van der Waals surface area (Å²) in [6.45, 7) is 0. The van der Waals surface area contributed by atoms with Gasteiger partial charge in [-0.25, -0.2) is 0 Å². The van der Waals surface area contributed by atoms with Crippen LogP contribution in [-0.2, 0) is 19.9 Å². The summed E-state index contributed by atoms with van der Waals surface area (Å²) in [5, 5.41) is 0. The van der Waals surface area contributed by atoms with E-state index in [1.54, 1.807) is 0 Å². The molecule has 0 saturated heterocycles. The Hall–Kier alpha value is 2.26. The van der Waals surface area contributed by atoms with Crippen molar-refractivity contribution in [2.24, 2.45) is 0 Å². The van der Waals surface area contributed by atoms with E-state index in [2.05, 4.69) is 0 Å². The van der Waals surface area contributed by atoms with E-state index in [0.717, 1.165) is 0 Å². The summed E-state index contributed by atoms with van der Waals surface area (Å²) in [6, 6.07) is 0. The van der Waals surface area contributed by atoms with E-state index in [1.165, 1.54) is 0 Å². The van der Waals surface area contributed by atoms with Crippen molar-refractivity contribution in [2.45, 2.75) is 0 Å². The van der Waals surface area contributed by atoms with Gasteiger partial charge in [-0.05, 0) is 0 Å². The van der Waals surface area contributed by atoms with E-state index in [-0.39, 0.29) is 56.6 Å². The third-order valence-corrected chi connectivity index (χ3v) is 0. The molecule has 0 rings (SSSR count). The van der Waals surface area contributed by atoms with Crippen LogP contribution in [-0.4, -0.2) is 0 Å². The zero-order valence-electron chi connectivity index (χ0n) is 6.15. The van der Waals surface area contributed by atoms with Gasteiger partial charge in [0.2, 0.25) is 0 Å². The first-order valence-corrected chi connectivity index (χ1v) is 3.18. The molecule has 0 heterocycles. The fourth-order valence-corrected chi connectivity index (χ4v) is 0. The maximum atomic E-state index is 9.56. The third-order valence-electron chi connectivity index (χ3n) is 0. The average molecular weight is 212 g/mol. The van der Waals surface area contributed by atoms with Crippen molar-refractivity contribution in [3.63, 3.8) is 0 Å². The molecular weight excluding hydrogens is 212 g/mol. The fourth-order valence-electron chi connectivity index (χ4n) is 0. The smallest absolute Gasteiger partial charge is 1.00 e. The SMILES string of the molecule is O=P([O-])([O-])[O-].[F][Ni][F].[Li+].[Li+].[Li+]. The van der Waals surface area contributed by atoms with Gasteiger partial charge in [-0.15, -0.1) is 0 Å². The fraction of sp³-hybridized carbons (Fsp3) is 0. The molecule has 56 valence electrons. The summed E-state index contributed by atoms with van der Waals surface area (Å²) >= 11 is -1.38. The first-order valence-electron chi connectivity index (χ1n) is 0.969. The van der Waals surface area contributed by atoms with Gasteiger partial charge in [0.25, 0.3) is 0 Å². The summed E-state index contributed by atoms with van der Waals surface area (Å²) in [5.74, 6) is 0. The van der Waals surface area contributed by atoms with Crippen molar-refractivity contribution in [1.82, 2.24) is 0 Å². The van der Waals surface area contributed by atoms with Crippen molar-refractivity contribution in [2.75, 3.05) is 0 Å². The van der Waals surface area contributed by atoms with Gasteiger partial charge in [0.05, 0.1) is 0 Å². The molecule has 0 saturated carbocycles. The van der Waals surface area contributed by atoms with Crippen molar-refractivity contribution in [3.05, 3.63) is 0 Å². The molecule has 0 aliphatic carbocycles. The molecule has 0 radical (unpaired) electrons. The standard InChI is InChI=1S/2FH.3Li.Ni.H3O4P/c;;;;;;1-5(2,3)4/h2*1H;;;;;(H3,1,2,3,4)/q;;3*+1;+2;/p-5. The molecular formula is F2Li3NiO4P. The maximum absolute atomic E-state index is 9.56. The Morgan fingerprint density at radius 3 is 1.00 bits per heavy atom. The Morgan fingerprint density at radius 2 is 1.00 bits per heavy atom. The third kappa shape index (κ3) is 253. The van der Waals surface area contributed by atoms with Gasteiger partial charge in [0.15, 0.2) is 0 Å². The molecule has 0 aromatic carbocycles. The second-order valence-electron chi connectivity index (χ2n) is 0.492. The van der Waals surface area contributed by atoms with Gasteiger partial charge in [-0.1, -0.05) is 0 Å². The summed E-state index contributed by atoms with van der Waals surface area (Å²) < 4.78 is 27.7. The molecule has 0 bridgehead atoms. The predicted molar refractivity (Wildman–Crippen MR) is 9.82 cm³/mol. The van der Waals surface area contributed by atoms with Gasteiger partial charge in [-0.3, -0.25) is 0 Å². The van der Waals surface area contributed by atoms with Gasteiger partial charge < -0.3 is 19.2 Å². The Labute approximate surface area is 105 Å². The van der Waals surface area contributed by atoms with Crippen LogP contribution in [0.1, 0.15) is 0 Å². The van der Waals surface area contributed by atoms with Crippen molar-refractivity contribution in [1.29, 1.82) is 0 Å². The van der Waals surface area contributed by atoms with E-state index in [4.69, 9.17) is 19.2 Å². The molecule has 0 amide bonds. The quantitative estimate of drug-likeness (QED) is 0.295. The van der Waals surface area contributed by atoms with Crippen molar-refractivity contribution >= 4 is 7.82 Å². The molecule has 11 heteroatoms. The molecule has 0 N–H and O–H groups in total. The van der Waals surface area contributed by atoms with Crippen molar-refractivity contribution in [3.8, 4) is 0 Å². The summed E-state index contributed by atoms with van der Waals surface area (Å²) in [5.41, 5.74) is 0. The molecule has 0 unspecified atom stereocenters. The first-order chi connectivity index (χ1) is 3.41. The molecule has 11 heavy (non-hydrogen) atoms. The van der Waals surface area contributed by atoms with Crippen LogP contribution in [0.5, 0.6) is 0 Å². The second-order valence-corrected chi connectivity index (χ2v) is 1.53. The van der Waals surface area contributed by atoms with E-state index < -0.39 is 23.1 Å². The molecule has 4 nitrogen and oxygen atoms in total. The molecule has 0 atom stereocenters. The number of rotatable bonds is 0. The predicted octanol–water partition coefficient (Wildman–Crippen LogP) is -11.0. The van der Waals surface area contributed by atoms with Gasteiger partial charge in [0, 0.05) is 0 Å². The van der Waals surface area contributed by atoms with Crippen molar-refractivity contribution < 1.29 is 98.4 Å². The van der Waals surface area contributed by atoms with Crippen LogP contribution < -0.4 is 71.3 Å². The van der Waals surface area contributed by atoms with Crippen LogP contribution in [0.2, 0.25) is 0 Å². The topological polar surface area (TPSA) is 86.2 Å². The Kier molecular flexibility index (Phi) is 48.1. The first kappa shape index (κ1) is 29.2. The Morgan fingerprint density at radius 1 is 1.00 bits per heavy atom. The minimum atomic E-state index is -5.39. The largest absolute Gasteiger partial charge is 1.00 e. The normalized spacial score (nSPS) is 7.36. The number of phosphoric acid groups is 1. The van der Waals surface area contributed by atoms with Gasteiger partial charge in [-0.2, -0.15) is 7.82 Å². The zero-order chi connectivity index (χ0) is 7.21. The summed E-state index contributed by atoms with van der Waals surface area (Å²) in [7, 11) is -5.39. The summed E-state index contributed by atoms with van der Waals surface area (Å²) in [6.07, 6.45) is 0. The van der Waals surface area contributed by atoms with E-state index in [9.17, 15) is 7.21 Å². The van der Waals surface area contributed by atoms with E-state index in [1.807, 2.05) is 0 Å². The molecule has 0 aliphatic heterocycles. The zero-order valence-corrected chi connectivity index (χ0v) is 8.03. The Bertz CT molecular complexity index is 79.1. The average Bonchev–Trinajstić information content (AvgIpc) is 1.27. The Balaban J connectivity index is -0.0000000183. The van der Waals surface area contributed by atoms with E-state index in [0.29, 0.717) is 0 Å². The molecule has 0 fully saturated rings. The minimum Gasteiger partial charge on any atom is 1.00 e. The van der Waals surface area contributed by atoms with Crippen LogP contribution >= 0.6 is 7.82 Å². The van der Waals surface area contributed by atoms with Gasteiger partial charge >= 0.3 is 79.1 Å². The van der Waals surface area contributed by atoms with Gasteiger partial charge in [0.1, 0.15) is 0 Å². The van der Waals surface area contributed by atoms with E-state index >= 15 is 0 Å². The van der Waals surface area contributed by atoms with Crippen LogP contribution in [0.15, 0.2) is 0 Å². The second kappa shape index (κ2) is 18.1. The number of hydrogen-bond acceptors (Lipinski definition) is 4.